The van der Waals surface area contributed by atoms with Crippen LogP contribution in [0.3, 0.4) is 0 Å². The number of amides is 2. The van der Waals surface area contributed by atoms with E-state index in [9.17, 15) is 9.59 Å². The minimum atomic E-state index is -0.208. The molecule has 0 heterocycles. The second-order valence-corrected chi connectivity index (χ2v) is 2.08. The van der Waals surface area contributed by atoms with Crippen LogP contribution >= 0.6 is 0 Å². The molecule has 0 aromatic heterocycles. The van der Waals surface area contributed by atoms with Crippen molar-refractivity contribution >= 4 is 11.8 Å². The van der Waals surface area contributed by atoms with E-state index in [1.54, 1.807) is 0 Å². The van der Waals surface area contributed by atoms with Gasteiger partial charge in [0, 0.05) is 20.4 Å². The maximum absolute atomic E-state index is 10.5. The van der Waals surface area contributed by atoms with Crippen LogP contribution in [0.15, 0.2) is 0 Å². The molecule has 0 rings (SSSR count). The molecule has 11 heavy (non-hydrogen) atoms. The number of carbonyl (C=O) groups is 2. The molecule has 0 radical (unpaired) electrons. The zero-order valence-electron chi connectivity index (χ0n) is 6.97. The number of hydrogen-bond acceptors (Lipinski definition) is 3. The Kier molecular flexibility index (Phi) is 4.21. The van der Waals surface area contributed by atoms with Gasteiger partial charge in [0.1, 0.15) is 0 Å². The molecule has 0 aromatic rings. The van der Waals surface area contributed by atoms with Crippen LogP contribution in [0.2, 0.25) is 0 Å². The summed E-state index contributed by atoms with van der Waals surface area (Å²) in [4.78, 5) is 21.0. The molecule has 0 spiro atoms. The molecule has 2 amide bonds. The minimum Gasteiger partial charge on any atom is -0.274 e. The van der Waals surface area contributed by atoms with Crippen LogP contribution in [0.1, 0.15) is 20.8 Å². The molecule has 0 aromatic carbocycles. The predicted molar refractivity (Wildman–Crippen MR) is 40.0 cm³/mol. The van der Waals surface area contributed by atoms with Gasteiger partial charge in [0.15, 0.2) is 0 Å². The topological polar surface area (TPSA) is 61.4 Å². The van der Waals surface area contributed by atoms with Crippen molar-refractivity contribution in [2.45, 2.75) is 20.8 Å². The first-order valence-electron chi connectivity index (χ1n) is 3.38. The second-order valence-electron chi connectivity index (χ2n) is 2.08. The Bertz CT molecular complexity index is 142. The molecule has 0 bridgehead atoms. The van der Waals surface area contributed by atoms with Gasteiger partial charge in [0.05, 0.1) is 0 Å². The van der Waals surface area contributed by atoms with E-state index in [1.807, 2.05) is 6.92 Å². The maximum atomic E-state index is 10.5. The highest BCUT2D eigenvalue weighted by Gasteiger charge is 2.02. The number of nitrogens with zero attached hydrogens (tertiary/aromatic N) is 1. The van der Waals surface area contributed by atoms with Crippen LogP contribution in [-0.4, -0.2) is 23.5 Å². The zero-order chi connectivity index (χ0) is 8.85. The van der Waals surface area contributed by atoms with E-state index < -0.39 is 0 Å². The van der Waals surface area contributed by atoms with Gasteiger partial charge in [0.25, 0.3) is 0 Å². The summed E-state index contributed by atoms with van der Waals surface area (Å²) < 4.78 is 0. The van der Waals surface area contributed by atoms with Crippen LogP contribution in [0.25, 0.3) is 0 Å². The summed E-state index contributed by atoms with van der Waals surface area (Å²) in [7, 11) is 0. The number of nitrogens with one attached hydrogen (secondary N) is 2. The molecule has 0 unspecified atom stereocenters. The maximum Gasteiger partial charge on any atom is 0.232 e. The highest BCUT2D eigenvalue weighted by molar-refractivity contribution is 5.74. The van der Waals surface area contributed by atoms with Crippen LogP contribution in [-0.2, 0) is 9.59 Å². The molecule has 0 saturated carbocycles. The van der Waals surface area contributed by atoms with Crippen molar-refractivity contribution in [2.75, 3.05) is 6.54 Å². The molecule has 5 nitrogen and oxygen atoms in total. The highest BCUT2D eigenvalue weighted by Crippen LogP contribution is 1.74. The van der Waals surface area contributed by atoms with Gasteiger partial charge in [-0.1, -0.05) is 0 Å². The van der Waals surface area contributed by atoms with Crippen LogP contribution in [0, 0.1) is 0 Å². The molecule has 0 aliphatic carbocycles. The fourth-order valence-corrected chi connectivity index (χ4v) is 0.566. The Morgan fingerprint density at radius 3 is 1.73 bits per heavy atom. The molecule has 0 atom stereocenters. The largest absolute Gasteiger partial charge is 0.274 e. The van der Waals surface area contributed by atoms with E-state index >= 15 is 0 Å². The third-order valence-electron chi connectivity index (χ3n) is 0.901. The molecule has 2 N–H and O–H groups in total. The van der Waals surface area contributed by atoms with Crippen LogP contribution < -0.4 is 10.9 Å². The molecule has 0 fully saturated rings. The first kappa shape index (κ1) is 9.90. The van der Waals surface area contributed by atoms with Gasteiger partial charge in [-0.2, -0.15) is 0 Å². The fraction of sp³-hybridized carbons (Fsp3) is 0.667. The van der Waals surface area contributed by atoms with Crippen LogP contribution in [0.4, 0.5) is 0 Å². The Balaban J connectivity index is 3.76. The summed E-state index contributed by atoms with van der Waals surface area (Å²) in [5.74, 6) is -0.416. The summed E-state index contributed by atoms with van der Waals surface area (Å²) in [6, 6.07) is 0. The number of carbonyl (C=O) groups excluding carboxylic acids is 2. The third kappa shape index (κ3) is 5.35. The van der Waals surface area contributed by atoms with Crippen molar-refractivity contribution in [3.8, 4) is 0 Å². The quantitative estimate of drug-likeness (QED) is 0.541. The van der Waals surface area contributed by atoms with Crippen molar-refractivity contribution in [1.82, 2.24) is 16.0 Å². The first-order valence-corrected chi connectivity index (χ1v) is 3.38. The van der Waals surface area contributed by atoms with E-state index in [0.717, 1.165) is 0 Å². The van der Waals surface area contributed by atoms with Gasteiger partial charge >= 0.3 is 0 Å². The van der Waals surface area contributed by atoms with E-state index in [1.165, 1.54) is 19.0 Å². The van der Waals surface area contributed by atoms with Gasteiger partial charge in [-0.05, 0) is 6.92 Å². The summed E-state index contributed by atoms with van der Waals surface area (Å²) in [6.45, 7) is 5.10. The lowest BCUT2D eigenvalue weighted by molar-refractivity contribution is -0.131. The summed E-state index contributed by atoms with van der Waals surface area (Å²) in [5.41, 5.74) is 4.85. The van der Waals surface area contributed by atoms with Gasteiger partial charge in [-0.3, -0.25) is 20.4 Å². The van der Waals surface area contributed by atoms with Crippen molar-refractivity contribution in [2.24, 2.45) is 0 Å². The number of hydrogen-bond donors (Lipinski definition) is 2. The van der Waals surface area contributed by atoms with Gasteiger partial charge in [0.2, 0.25) is 11.8 Å². The lowest BCUT2D eigenvalue weighted by atomic mass is 10.7. The highest BCUT2D eigenvalue weighted by atomic mass is 16.2. The van der Waals surface area contributed by atoms with E-state index in [4.69, 9.17) is 0 Å². The summed E-state index contributed by atoms with van der Waals surface area (Å²) in [6.07, 6.45) is 0. The van der Waals surface area contributed by atoms with Gasteiger partial charge in [-0.15, -0.1) is 5.12 Å². The molecule has 0 aliphatic rings. The van der Waals surface area contributed by atoms with Crippen molar-refractivity contribution in [3.05, 3.63) is 0 Å². The molecule has 0 saturated heterocycles. The second kappa shape index (κ2) is 4.68. The standard InChI is InChI=1S/C6H13N3O2/c1-4-9(7-5(2)10)8-6(3)11/h4H2,1-3H3,(H,7,10)(H,8,11). The predicted octanol–water partition coefficient (Wildman–Crippen LogP) is -0.590. The molecule has 64 valence electrons. The first-order chi connectivity index (χ1) is 5.06. The molecule has 0 aliphatic heterocycles. The van der Waals surface area contributed by atoms with Crippen molar-refractivity contribution in [1.29, 1.82) is 0 Å². The van der Waals surface area contributed by atoms with Crippen molar-refractivity contribution < 1.29 is 9.59 Å². The summed E-state index contributed by atoms with van der Waals surface area (Å²) in [5, 5.41) is 1.32. The molecule has 5 heteroatoms. The Morgan fingerprint density at radius 1 is 1.18 bits per heavy atom. The lowest BCUT2D eigenvalue weighted by Crippen LogP contribution is -2.51. The van der Waals surface area contributed by atoms with Gasteiger partial charge in [-0.25, -0.2) is 0 Å². The SMILES string of the molecule is CCN(NC(C)=O)NC(C)=O. The smallest absolute Gasteiger partial charge is 0.232 e. The van der Waals surface area contributed by atoms with E-state index in [0.29, 0.717) is 6.54 Å². The minimum absolute atomic E-state index is 0.208. The average molecular weight is 159 g/mol. The third-order valence-corrected chi connectivity index (χ3v) is 0.901. The zero-order valence-corrected chi connectivity index (χ0v) is 6.97. The number of rotatable bonds is 3. The van der Waals surface area contributed by atoms with E-state index in [-0.39, 0.29) is 11.8 Å². The van der Waals surface area contributed by atoms with E-state index in [2.05, 4.69) is 10.9 Å². The number of hydrazine groups is 2. The monoisotopic (exact) mass is 159 g/mol. The van der Waals surface area contributed by atoms with Crippen molar-refractivity contribution in [3.63, 3.8) is 0 Å². The molecular weight excluding hydrogens is 146 g/mol. The van der Waals surface area contributed by atoms with Crippen LogP contribution in [0.5, 0.6) is 0 Å². The average Bonchev–Trinajstić information content (AvgIpc) is 1.84. The normalized spacial score (nSPS) is 9.45. The Morgan fingerprint density at radius 2 is 1.55 bits per heavy atom. The Labute approximate surface area is 65.7 Å². The fourth-order valence-electron chi connectivity index (χ4n) is 0.566. The lowest BCUT2D eigenvalue weighted by Gasteiger charge is -2.19. The Hall–Kier alpha value is -1.10. The summed E-state index contributed by atoms with van der Waals surface area (Å²) >= 11 is 0. The molecular formula is C6H13N3O2. The van der Waals surface area contributed by atoms with Gasteiger partial charge < -0.3 is 0 Å².